The lowest BCUT2D eigenvalue weighted by atomic mass is 10.0. The molecule has 0 bridgehead atoms. The molecule has 1 saturated carbocycles. The fourth-order valence-electron chi connectivity index (χ4n) is 3.22. The number of fused-ring (bicyclic) bond motifs is 1. The number of hydrogen-bond donors (Lipinski definition) is 1. The zero-order valence-corrected chi connectivity index (χ0v) is 9.32. The van der Waals surface area contributed by atoms with Crippen LogP contribution in [0.4, 0.5) is 9.59 Å². The van der Waals surface area contributed by atoms with Crippen LogP contribution in [0.2, 0.25) is 0 Å². The maximum Gasteiger partial charge on any atom is 0.328 e. The van der Waals surface area contributed by atoms with Crippen LogP contribution in [0, 0.1) is 11.8 Å². The Labute approximate surface area is 94.8 Å². The predicted octanol–water partition coefficient (Wildman–Crippen LogP) is 0.863. The van der Waals surface area contributed by atoms with Gasteiger partial charge in [-0.3, -0.25) is 0 Å². The van der Waals surface area contributed by atoms with Crippen molar-refractivity contribution in [3.8, 4) is 0 Å². The summed E-state index contributed by atoms with van der Waals surface area (Å²) < 4.78 is 0. The van der Waals surface area contributed by atoms with E-state index in [2.05, 4.69) is 5.32 Å². The standard InChI is InChI=1S/C11H17N3O2/c15-10-12-4-5-14(10)11(16)13-6-8-2-1-3-9(8)7-13/h8-9H,1-7H2,(H,12,15). The molecule has 2 aliphatic heterocycles. The first-order valence-electron chi connectivity index (χ1n) is 6.10. The molecule has 0 spiro atoms. The molecule has 3 fully saturated rings. The molecule has 1 N–H and O–H groups in total. The molecule has 5 nitrogen and oxygen atoms in total. The molecular formula is C11H17N3O2. The highest BCUT2D eigenvalue weighted by Gasteiger charge is 2.40. The van der Waals surface area contributed by atoms with Crippen molar-refractivity contribution in [1.82, 2.24) is 15.1 Å². The Hall–Kier alpha value is -1.26. The first kappa shape index (κ1) is 9.93. The van der Waals surface area contributed by atoms with Crippen molar-refractivity contribution >= 4 is 12.1 Å². The normalized spacial score (nSPS) is 33.1. The quantitative estimate of drug-likeness (QED) is 0.662. The molecule has 2 unspecified atom stereocenters. The van der Waals surface area contributed by atoms with Gasteiger partial charge in [0, 0.05) is 26.2 Å². The monoisotopic (exact) mass is 223 g/mol. The van der Waals surface area contributed by atoms with Gasteiger partial charge in [0.15, 0.2) is 0 Å². The second kappa shape index (κ2) is 3.64. The topological polar surface area (TPSA) is 52.7 Å². The van der Waals surface area contributed by atoms with E-state index >= 15 is 0 Å². The number of carbonyl (C=O) groups is 2. The summed E-state index contributed by atoms with van der Waals surface area (Å²) in [5.74, 6) is 1.38. The van der Waals surface area contributed by atoms with Crippen LogP contribution in [0.1, 0.15) is 19.3 Å². The van der Waals surface area contributed by atoms with Crippen LogP contribution in [-0.2, 0) is 0 Å². The third kappa shape index (κ3) is 1.45. The summed E-state index contributed by atoms with van der Waals surface area (Å²) in [7, 11) is 0. The highest BCUT2D eigenvalue weighted by molar-refractivity contribution is 5.95. The van der Waals surface area contributed by atoms with E-state index in [0.717, 1.165) is 13.1 Å². The molecular weight excluding hydrogens is 206 g/mol. The van der Waals surface area contributed by atoms with Crippen LogP contribution in [0.3, 0.4) is 0 Å². The van der Waals surface area contributed by atoms with Gasteiger partial charge in [0.25, 0.3) is 0 Å². The summed E-state index contributed by atoms with van der Waals surface area (Å²) in [5, 5.41) is 2.66. The van der Waals surface area contributed by atoms with Crippen molar-refractivity contribution in [2.24, 2.45) is 11.8 Å². The lowest BCUT2D eigenvalue weighted by molar-refractivity contribution is 0.169. The molecule has 88 valence electrons. The summed E-state index contributed by atoms with van der Waals surface area (Å²) in [5.41, 5.74) is 0. The zero-order valence-electron chi connectivity index (χ0n) is 9.32. The largest absolute Gasteiger partial charge is 0.336 e. The maximum absolute atomic E-state index is 12.1. The Bertz CT molecular complexity index is 319. The van der Waals surface area contributed by atoms with Gasteiger partial charge in [-0.05, 0) is 24.7 Å². The highest BCUT2D eigenvalue weighted by atomic mass is 16.2. The summed E-state index contributed by atoms with van der Waals surface area (Å²) >= 11 is 0. The summed E-state index contributed by atoms with van der Waals surface area (Å²) in [6.45, 7) is 2.81. The number of carbonyl (C=O) groups excluding carboxylic acids is 2. The molecule has 2 atom stereocenters. The maximum atomic E-state index is 12.1. The predicted molar refractivity (Wildman–Crippen MR) is 57.9 cm³/mol. The fraction of sp³-hybridized carbons (Fsp3) is 0.818. The summed E-state index contributed by atoms with van der Waals surface area (Å²) in [6.07, 6.45) is 3.81. The molecule has 1 aliphatic carbocycles. The number of urea groups is 2. The first-order valence-corrected chi connectivity index (χ1v) is 6.10. The van der Waals surface area contributed by atoms with Crippen molar-refractivity contribution < 1.29 is 9.59 Å². The lowest BCUT2D eigenvalue weighted by Crippen LogP contribution is -2.44. The van der Waals surface area contributed by atoms with Gasteiger partial charge in [-0.1, -0.05) is 6.42 Å². The minimum absolute atomic E-state index is 0.0931. The molecule has 16 heavy (non-hydrogen) atoms. The van der Waals surface area contributed by atoms with Crippen molar-refractivity contribution in [2.45, 2.75) is 19.3 Å². The lowest BCUT2D eigenvalue weighted by Gasteiger charge is -2.22. The summed E-state index contributed by atoms with van der Waals surface area (Å²) in [4.78, 5) is 26.7. The zero-order chi connectivity index (χ0) is 11.1. The molecule has 0 aromatic rings. The van der Waals surface area contributed by atoms with Crippen LogP contribution >= 0.6 is 0 Å². The fourth-order valence-corrected chi connectivity index (χ4v) is 3.22. The van der Waals surface area contributed by atoms with Crippen LogP contribution in [-0.4, -0.2) is 48.0 Å². The van der Waals surface area contributed by atoms with Gasteiger partial charge < -0.3 is 10.2 Å². The Morgan fingerprint density at radius 3 is 2.50 bits per heavy atom. The summed E-state index contributed by atoms with van der Waals surface area (Å²) in [6, 6.07) is -0.327. The van der Waals surface area contributed by atoms with E-state index in [1.54, 1.807) is 0 Å². The Balaban J connectivity index is 1.66. The molecule has 0 radical (unpaired) electrons. The second-order valence-electron chi connectivity index (χ2n) is 5.02. The van der Waals surface area contributed by atoms with E-state index in [0.29, 0.717) is 24.9 Å². The van der Waals surface area contributed by atoms with Crippen LogP contribution < -0.4 is 5.32 Å². The molecule has 0 aromatic heterocycles. The third-order valence-electron chi connectivity index (χ3n) is 4.08. The van der Waals surface area contributed by atoms with E-state index in [1.807, 2.05) is 4.90 Å². The Morgan fingerprint density at radius 2 is 1.94 bits per heavy atom. The highest BCUT2D eigenvalue weighted by Crippen LogP contribution is 2.38. The number of hydrogen-bond acceptors (Lipinski definition) is 2. The van der Waals surface area contributed by atoms with Crippen LogP contribution in [0.15, 0.2) is 0 Å². The number of likely N-dealkylation sites (tertiary alicyclic amines) is 1. The van der Waals surface area contributed by atoms with Crippen LogP contribution in [0.25, 0.3) is 0 Å². The van der Waals surface area contributed by atoms with Gasteiger partial charge in [-0.2, -0.15) is 0 Å². The van der Waals surface area contributed by atoms with E-state index in [9.17, 15) is 9.59 Å². The van der Waals surface area contributed by atoms with Crippen molar-refractivity contribution in [3.05, 3.63) is 0 Å². The third-order valence-corrected chi connectivity index (χ3v) is 4.08. The number of nitrogens with one attached hydrogen (secondary N) is 1. The van der Waals surface area contributed by atoms with Crippen molar-refractivity contribution in [1.29, 1.82) is 0 Å². The Morgan fingerprint density at radius 1 is 1.25 bits per heavy atom. The molecule has 2 heterocycles. The molecule has 4 amide bonds. The smallest absolute Gasteiger partial charge is 0.328 e. The number of amides is 4. The number of imide groups is 1. The average molecular weight is 223 g/mol. The van der Waals surface area contributed by atoms with E-state index in [-0.39, 0.29) is 12.1 Å². The van der Waals surface area contributed by atoms with E-state index in [1.165, 1.54) is 24.2 Å². The molecule has 3 rings (SSSR count). The van der Waals surface area contributed by atoms with Gasteiger partial charge in [-0.15, -0.1) is 0 Å². The molecule has 3 aliphatic rings. The second-order valence-corrected chi connectivity index (χ2v) is 5.02. The van der Waals surface area contributed by atoms with Gasteiger partial charge in [0.05, 0.1) is 0 Å². The first-order chi connectivity index (χ1) is 7.75. The average Bonchev–Trinajstić information content (AvgIpc) is 2.89. The Kier molecular flexibility index (Phi) is 2.26. The van der Waals surface area contributed by atoms with E-state index < -0.39 is 0 Å². The van der Waals surface area contributed by atoms with Crippen molar-refractivity contribution in [3.63, 3.8) is 0 Å². The SMILES string of the molecule is O=C1NCCN1C(=O)N1CC2CCCC2C1. The van der Waals surface area contributed by atoms with Crippen LogP contribution in [0.5, 0.6) is 0 Å². The van der Waals surface area contributed by atoms with Gasteiger partial charge in [-0.25, -0.2) is 14.5 Å². The minimum Gasteiger partial charge on any atom is -0.336 e. The number of nitrogens with zero attached hydrogens (tertiary/aromatic N) is 2. The minimum atomic E-state index is -0.234. The molecule has 5 heteroatoms. The van der Waals surface area contributed by atoms with E-state index in [4.69, 9.17) is 0 Å². The molecule has 2 saturated heterocycles. The number of rotatable bonds is 0. The van der Waals surface area contributed by atoms with Gasteiger partial charge in [0.1, 0.15) is 0 Å². The van der Waals surface area contributed by atoms with Gasteiger partial charge >= 0.3 is 12.1 Å². The molecule has 0 aromatic carbocycles. The van der Waals surface area contributed by atoms with Crippen molar-refractivity contribution in [2.75, 3.05) is 26.2 Å². The van der Waals surface area contributed by atoms with Gasteiger partial charge in [0.2, 0.25) is 0 Å².